The highest BCUT2D eigenvalue weighted by Gasteiger charge is 2.12. The Morgan fingerprint density at radius 1 is 1.48 bits per heavy atom. The number of aliphatic imine (C=N–C) groups is 1. The highest BCUT2D eigenvalue weighted by atomic mass is 32.1. The lowest BCUT2D eigenvalue weighted by molar-refractivity contribution is -0.109. The molecule has 1 aromatic heterocycles. The van der Waals surface area contributed by atoms with Gasteiger partial charge >= 0.3 is 0 Å². The van der Waals surface area contributed by atoms with Gasteiger partial charge in [0.15, 0.2) is 0 Å². The van der Waals surface area contributed by atoms with E-state index in [-0.39, 0.29) is 6.04 Å². The fourth-order valence-electron chi connectivity index (χ4n) is 2.29. The lowest BCUT2D eigenvalue weighted by atomic mass is 10.2. The zero-order chi connectivity index (χ0) is 16.5. The van der Waals surface area contributed by atoms with Crippen molar-refractivity contribution in [2.75, 3.05) is 32.8 Å². The number of carbonyl (C=O) groups excluding carboxylic acids is 1. The molecule has 1 aliphatic heterocycles. The molecular weight excluding hydrogens is 312 g/mol. The van der Waals surface area contributed by atoms with Gasteiger partial charge in [-0.25, -0.2) is 4.98 Å². The summed E-state index contributed by atoms with van der Waals surface area (Å²) in [5, 5.41) is 6.25. The zero-order valence-electron chi connectivity index (χ0n) is 13.9. The molecule has 0 radical (unpaired) electrons. The molecule has 23 heavy (non-hydrogen) atoms. The Morgan fingerprint density at radius 2 is 2.26 bits per heavy atom. The van der Waals surface area contributed by atoms with Gasteiger partial charge in [0.2, 0.25) is 0 Å². The molecule has 2 heterocycles. The normalized spacial score (nSPS) is 17.7. The van der Waals surface area contributed by atoms with Crippen LogP contribution in [0.3, 0.4) is 0 Å². The third kappa shape index (κ3) is 6.37. The van der Waals surface area contributed by atoms with Crippen molar-refractivity contribution in [2.45, 2.75) is 38.8 Å². The fourth-order valence-corrected chi connectivity index (χ4v) is 3.11. The zero-order valence-corrected chi connectivity index (χ0v) is 14.7. The largest absolute Gasteiger partial charge is 0.379 e. The van der Waals surface area contributed by atoms with E-state index in [2.05, 4.69) is 34.0 Å². The quantitative estimate of drug-likeness (QED) is 0.421. The van der Waals surface area contributed by atoms with Crippen molar-refractivity contribution in [3.63, 3.8) is 0 Å². The number of aromatic nitrogens is 1. The van der Waals surface area contributed by atoms with Gasteiger partial charge in [-0.05, 0) is 6.42 Å². The molecular formula is C16H26N4O2S. The second-order valence-electron chi connectivity index (χ2n) is 5.95. The van der Waals surface area contributed by atoms with Crippen LogP contribution >= 0.6 is 11.3 Å². The molecule has 1 aromatic rings. The van der Waals surface area contributed by atoms with Crippen LogP contribution in [0, 0.1) is 0 Å². The Labute approximate surface area is 142 Å². The highest BCUT2D eigenvalue weighted by Crippen LogP contribution is 2.19. The van der Waals surface area contributed by atoms with Crippen molar-refractivity contribution >= 4 is 24.0 Å². The van der Waals surface area contributed by atoms with Crippen LogP contribution in [0.25, 0.3) is 0 Å². The smallest absolute Gasteiger partial charge is 0.142 e. The number of thiazole rings is 1. The van der Waals surface area contributed by atoms with Crippen molar-refractivity contribution in [3.8, 4) is 0 Å². The first-order valence-corrected chi connectivity index (χ1v) is 9.01. The molecule has 1 atom stereocenters. The second-order valence-corrected chi connectivity index (χ2v) is 6.84. The topological polar surface area (TPSA) is 66.8 Å². The van der Waals surface area contributed by atoms with Crippen LogP contribution < -0.4 is 5.32 Å². The third-order valence-corrected chi connectivity index (χ3v) is 4.92. The van der Waals surface area contributed by atoms with Crippen LogP contribution in [-0.2, 0) is 16.1 Å². The SMILES string of the molecule is CC(C)c1nc(CN=CN[C@H](C=O)CCN2CCOCC2)cs1. The summed E-state index contributed by atoms with van der Waals surface area (Å²) in [5.41, 5.74) is 0.979. The lowest BCUT2D eigenvalue weighted by Crippen LogP contribution is -2.40. The first-order valence-electron chi connectivity index (χ1n) is 8.13. The van der Waals surface area contributed by atoms with E-state index < -0.39 is 0 Å². The van der Waals surface area contributed by atoms with E-state index in [4.69, 9.17) is 4.74 Å². The average Bonchev–Trinajstić information content (AvgIpc) is 3.04. The Morgan fingerprint density at radius 3 is 2.91 bits per heavy atom. The number of carbonyl (C=O) groups is 1. The van der Waals surface area contributed by atoms with Crippen LogP contribution in [0.4, 0.5) is 0 Å². The summed E-state index contributed by atoms with van der Waals surface area (Å²) in [7, 11) is 0. The van der Waals surface area contributed by atoms with Crippen molar-refractivity contribution in [3.05, 3.63) is 16.1 Å². The van der Waals surface area contributed by atoms with Crippen molar-refractivity contribution in [1.29, 1.82) is 0 Å². The number of rotatable bonds is 9. The number of hydrogen-bond acceptors (Lipinski definition) is 6. The van der Waals surface area contributed by atoms with E-state index in [1.54, 1.807) is 17.7 Å². The summed E-state index contributed by atoms with van der Waals surface area (Å²) in [6.07, 6.45) is 3.36. The third-order valence-electron chi connectivity index (χ3n) is 3.72. The molecule has 7 heteroatoms. The molecule has 0 aliphatic carbocycles. The summed E-state index contributed by atoms with van der Waals surface area (Å²) in [6.45, 7) is 9.18. The predicted octanol–water partition coefficient (Wildman–Crippen LogP) is 1.67. The molecule has 0 aromatic carbocycles. The molecule has 1 aliphatic rings. The predicted molar refractivity (Wildman–Crippen MR) is 93.3 cm³/mol. The van der Waals surface area contributed by atoms with Gasteiger partial charge < -0.3 is 14.8 Å². The summed E-state index contributed by atoms with van der Waals surface area (Å²) in [5.74, 6) is 0.454. The summed E-state index contributed by atoms with van der Waals surface area (Å²) < 4.78 is 5.32. The minimum absolute atomic E-state index is 0.191. The molecule has 0 amide bonds. The maximum atomic E-state index is 11.1. The van der Waals surface area contributed by atoms with E-state index in [1.807, 2.05) is 5.38 Å². The molecule has 0 saturated carbocycles. The fraction of sp³-hybridized carbons (Fsp3) is 0.688. The molecule has 128 valence electrons. The molecule has 0 spiro atoms. The van der Waals surface area contributed by atoms with Crippen molar-refractivity contribution in [1.82, 2.24) is 15.2 Å². The van der Waals surface area contributed by atoms with Crippen LogP contribution in [0.5, 0.6) is 0 Å². The molecule has 6 nitrogen and oxygen atoms in total. The average molecular weight is 338 g/mol. The maximum Gasteiger partial charge on any atom is 0.142 e. The van der Waals surface area contributed by atoms with Crippen molar-refractivity contribution in [2.24, 2.45) is 4.99 Å². The molecule has 1 saturated heterocycles. The molecule has 0 bridgehead atoms. The summed E-state index contributed by atoms with van der Waals surface area (Å²) in [6, 6.07) is -0.191. The van der Waals surface area contributed by atoms with E-state index >= 15 is 0 Å². The van der Waals surface area contributed by atoms with E-state index in [0.29, 0.717) is 12.5 Å². The van der Waals surface area contributed by atoms with Crippen molar-refractivity contribution < 1.29 is 9.53 Å². The standard InChI is InChI=1S/C16H26N4O2S/c1-13(2)16-19-15(11-23-16)9-17-12-18-14(10-21)3-4-20-5-7-22-8-6-20/h10-14H,3-9H2,1-2H3,(H,17,18)/t14-/m0/s1. The molecule has 1 N–H and O–H groups in total. The van der Waals surface area contributed by atoms with Crippen LogP contribution in [0.1, 0.15) is 36.9 Å². The second kappa shape index (κ2) is 9.75. The van der Waals surface area contributed by atoms with E-state index in [9.17, 15) is 4.79 Å². The number of morpholine rings is 1. The van der Waals surface area contributed by atoms with Gasteiger partial charge in [-0.15, -0.1) is 11.3 Å². The minimum Gasteiger partial charge on any atom is -0.379 e. The number of nitrogens with one attached hydrogen (secondary N) is 1. The summed E-state index contributed by atoms with van der Waals surface area (Å²) in [4.78, 5) is 22.3. The highest BCUT2D eigenvalue weighted by molar-refractivity contribution is 7.09. The minimum atomic E-state index is -0.191. The Balaban J connectivity index is 1.68. The first-order chi connectivity index (χ1) is 11.2. The van der Waals surface area contributed by atoms with Gasteiger partial charge in [-0.1, -0.05) is 13.8 Å². The van der Waals surface area contributed by atoms with Crippen LogP contribution in [-0.4, -0.2) is 61.4 Å². The van der Waals surface area contributed by atoms with E-state index in [1.165, 1.54) is 0 Å². The van der Waals surface area contributed by atoms with Crippen LogP contribution in [0.15, 0.2) is 10.4 Å². The van der Waals surface area contributed by atoms with Gasteiger partial charge in [0, 0.05) is 30.9 Å². The first kappa shape index (κ1) is 18.0. The Kier molecular flexibility index (Phi) is 7.64. The van der Waals surface area contributed by atoms with Gasteiger partial charge in [0.25, 0.3) is 0 Å². The Hall–Kier alpha value is -1.31. The van der Waals surface area contributed by atoms with Gasteiger partial charge in [0.05, 0.1) is 42.8 Å². The Bertz CT molecular complexity index is 498. The van der Waals surface area contributed by atoms with E-state index in [0.717, 1.165) is 56.3 Å². The molecule has 1 fully saturated rings. The van der Waals surface area contributed by atoms with Gasteiger partial charge in [-0.2, -0.15) is 0 Å². The number of nitrogens with zero attached hydrogens (tertiary/aromatic N) is 3. The maximum absolute atomic E-state index is 11.1. The number of hydrogen-bond donors (Lipinski definition) is 1. The number of aldehydes is 1. The van der Waals surface area contributed by atoms with Gasteiger partial charge in [0.1, 0.15) is 6.29 Å². The van der Waals surface area contributed by atoms with Gasteiger partial charge in [-0.3, -0.25) is 9.89 Å². The lowest BCUT2D eigenvalue weighted by Gasteiger charge is -2.27. The number of ether oxygens (including phenoxy) is 1. The molecule has 0 unspecified atom stereocenters. The molecule has 2 rings (SSSR count). The monoisotopic (exact) mass is 338 g/mol. The summed E-state index contributed by atoms with van der Waals surface area (Å²) >= 11 is 1.67. The van der Waals surface area contributed by atoms with Crippen LogP contribution in [0.2, 0.25) is 0 Å².